The molecule has 0 aromatic carbocycles. The van der Waals surface area contributed by atoms with Crippen LogP contribution in [0.1, 0.15) is 86.0 Å². The van der Waals surface area contributed by atoms with Crippen molar-refractivity contribution in [1.82, 2.24) is 0 Å². The molecule has 4 aliphatic rings. The van der Waals surface area contributed by atoms with Crippen molar-refractivity contribution in [1.29, 1.82) is 0 Å². The molecule has 0 amide bonds. The van der Waals surface area contributed by atoms with E-state index in [-0.39, 0.29) is 34.8 Å². The maximum atomic E-state index is 13.7. The topological polar surface area (TPSA) is 69.7 Å². The Morgan fingerprint density at radius 3 is 2.40 bits per heavy atom. The highest BCUT2D eigenvalue weighted by Crippen LogP contribution is 2.66. The number of esters is 2. The van der Waals surface area contributed by atoms with Gasteiger partial charge in [-0.25, -0.2) is 0 Å². The molecule has 4 rings (SSSR count). The first-order valence-electron chi connectivity index (χ1n) is 11.6. The van der Waals surface area contributed by atoms with Gasteiger partial charge in [-0.15, -0.1) is 0 Å². The highest BCUT2D eigenvalue weighted by Gasteiger charge is 2.62. The summed E-state index contributed by atoms with van der Waals surface area (Å²) in [5.74, 6) is 2.06. The molecule has 4 aliphatic carbocycles. The summed E-state index contributed by atoms with van der Waals surface area (Å²) < 4.78 is 11.0. The third-order valence-electron chi connectivity index (χ3n) is 9.14. The van der Waals surface area contributed by atoms with Crippen LogP contribution in [0.4, 0.5) is 0 Å². The number of carbonyl (C=O) groups excluding carboxylic acids is 3. The van der Waals surface area contributed by atoms with Crippen LogP contribution in [0.2, 0.25) is 0 Å². The number of allylic oxidation sites excluding steroid dienone is 2. The van der Waals surface area contributed by atoms with E-state index in [4.69, 9.17) is 9.47 Å². The van der Waals surface area contributed by atoms with Gasteiger partial charge in [-0.05, 0) is 80.6 Å². The van der Waals surface area contributed by atoms with Crippen LogP contribution < -0.4 is 0 Å². The third-order valence-corrected chi connectivity index (χ3v) is 9.14. The molecule has 30 heavy (non-hydrogen) atoms. The van der Waals surface area contributed by atoms with Gasteiger partial charge in [-0.2, -0.15) is 0 Å². The zero-order valence-corrected chi connectivity index (χ0v) is 19.1. The molecule has 4 fully saturated rings. The number of fused-ring (bicyclic) bond motifs is 5. The lowest BCUT2D eigenvalue weighted by molar-refractivity contribution is -0.166. The van der Waals surface area contributed by atoms with Gasteiger partial charge in [0.15, 0.2) is 0 Å². The first-order valence-corrected chi connectivity index (χ1v) is 11.6. The Bertz CT molecular complexity index is 797. The second kappa shape index (κ2) is 7.49. The van der Waals surface area contributed by atoms with Gasteiger partial charge in [0.25, 0.3) is 0 Å². The summed E-state index contributed by atoms with van der Waals surface area (Å²) in [5.41, 5.74) is 1.01. The van der Waals surface area contributed by atoms with Gasteiger partial charge in [0.2, 0.25) is 0 Å². The first-order chi connectivity index (χ1) is 14.1. The van der Waals surface area contributed by atoms with Crippen LogP contribution in [-0.4, -0.2) is 23.8 Å². The summed E-state index contributed by atoms with van der Waals surface area (Å²) >= 11 is 0. The van der Waals surface area contributed by atoms with Gasteiger partial charge in [0, 0.05) is 31.6 Å². The number of ether oxygens (including phenoxy) is 2. The van der Waals surface area contributed by atoms with Crippen LogP contribution in [-0.2, 0) is 23.9 Å². The normalized spacial score (nSPS) is 44.4. The molecule has 5 nitrogen and oxygen atoms in total. The lowest BCUT2D eigenvalue weighted by Gasteiger charge is -2.59. The molecule has 0 unspecified atom stereocenters. The minimum absolute atomic E-state index is 0.00785. The third kappa shape index (κ3) is 3.33. The molecule has 0 radical (unpaired) electrons. The van der Waals surface area contributed by atoms with Gasteiger partial charge >= 0.3 is 11.9 Å². The molecule has 0 N–H and O–H groups in total. The van der Waals surface area contributed by atoms with Gasteiger partial charge in [-0.3, -0.25) is 14.4 Å². The lowest BCUT2D eigenvalue weighted by Crippen LogP contribution is -2.57. The quantitative estimate of drug-likeness (QED) is 0.469. The van der Waals surface area contributed by atoms with Crippen LogP contribution in [0.25, 0.3) is 0 Å². The Hall–Kier alpha value is -1.65. The molecule has 0 bridgehead atoms. The van der Waals surface area contributed by atoms with Gasteiger partial charge in [0.1, 0.15) is 17.6 Å². The molecule has 0 aromatic heterocycles. The summed E-state index contributed by atoms with van der Waals surface area (Å²) in [7, 11) is 0. The van der Waals surface area contributed by atoms with Gasteiger partial charge in [0.05, 0.1) is 0 Å². The van der Waals surface area contributed by atoms with Crippen LogP contribution in [0.15, 0.2) is 11.3 Å². The SMILES string of the molecule is CC(=O)O/C(C)=C1\CC[C@@H]2[C@@H]3CC[C@H]4C[C@H](OC(C)=O)CC[C@]4(C)[C@H]3C(=O)C[C@@]12C. The minimum Gasteiger partial charge on any atom is -0.463 e. The highest BCUT2D eigenvalue weighted by molar-refractivity contribution is 5.85. The van der Waals surface area contributed by atoms with E-state index in [1.54, 1.807) is 0 Å². The van der Waals surface area contributed by atoms with Crippen molar-refractivity contribution >= 4 is 17.7 Å². The smallest absolute Gasteiger partial charge is 0.307 e. The number of hydrogen-bond acceptors (Lipinski definition) is 5. The van der Waals surface area contributed by atoms with Crippen molar-refractivity contribution in [2.24, 2.45) is 34.5 Å². The molecule has 0 spiro atoms. The molecular weight excluding hydrogens is 380 g/mol. The Morgan fingerprint density at radius 2 is 1.73 bits per heavy atom. The first kappa shape index (κ1) is 21.6. The van der Waals surface area contributed by atoms with Gasteiger partial charge < -0.3 is 9.47 Å². The molecule has 0 heterocycles. The number of hydrogen-bond donors (Lipinski definition) is 0. The Kier molecular flexibility index (Phi) is 5.39. The highest BCUT2D eigenvalue weighted by atomic mass is 16.5. The minimum atomic E-state index is -0.287. The van der Waals surface area contributed by atoms with Crippen molar-refractivity contribution in [3.05, 3.63) is 11.3 Å². The fourth-order valence-corrected chi connectivity index (χ4v) is 8.05. The Morgan fingerprint density at radius 1 is 1.00 bits per heavy atom. The number of ketones is 1. The van der Waals surface area contributed by atoms with E-state index in [1.807, 2.05) is 6.92 Å². The second-order valence-corrected chi connectivity index (χ2v) is 10.8. The number of carbonyl (C=O) groups is 3. The average molecular weight is 417 g/mol. The van der Waals surface area contributed by atoms with E-state index in [9.17, 15) is 14.4 Å². The summed E-state index contributed by atoms with van der Waals surface area (Å²) in [6, 6.07) is 0. The molecule has 4 saturated carbocycles. The summed E-state index contributed by atoms with van der Waals surface area (Å²) in [4.78, 5) is 36.6. The molecule has 0 saturated heterocycles. The standard InChI is InChI=1S/C25H36O5/c1-14(29-15(2)26)20-8-9-21-19-7-6-17-12-18(30-16(3)27)10-11-24(17,4)23(19)22(28)13-25(20,21)5/h17-19,21,23H,6-13H2,1-5H3/b20-14+/t17-,18+,19-,21+,23+,24-,25-/m0/s1. The van der Waals surface area contributed by atoms with E-state index in [0.29, 0.717) is 35.7 Å². The van der Waals surface area contributed by atoms with E-state index >= 15 is 0 Å². The lowest BCUT2D eigenvalue weighted by atomic mass is 9.44. The molecule has 0 aliphatic heterocycles. The Balaban J connectivity index is 1.60. The van der Waals surface area contributed by atoms with Crippen molar-refractivity contribution in [3.8, 4) is 0 Å². The van der Waals surface area contributed by atoms with Crippen LogP contribution in [0.3, 0.4) is 0 Å². The second-order valence-electron chi connectivity index (χ2n) is 10.8. The zero-order valence-electron chi connectivity index (χ0n) is 19.1. The number of Topliss-reactive ketones (excluding diaryl/α,β-unsaturated/α-hetero) is 1. The molecule has 0 aromatic rings. The van der Waals surface area contributed by atoms with Gasteiger partial charge in [-0.1, -0.05) is 13.8 Å². The largest absolute Gasteiger partial charge is 0.463 e. The fraction of sp³-hybridized carbons (Fsp3) is 0.800. The monoisotopic (exact) mass is 416 g/mol. The number of rotatable bonds is 2. The maximum Gasteiger partial charge on any atom is 0.307 e. The predicted molar refractivity (Wildman–Crippen MR) is 112 cm³/mol. The zero-order chi connectivity index (χ0) is 21.8. The van der Waals surface area contributed by atoms with Crippen molar-refractivity contribution in [2.45, 2.75) is 92.1 Å². The predicted octanol–water partition coefficient (Wildman–Crippen LogP) is 4.98. The van der Waals surface area contributed by atoms with E-state index < -0.39 is 0 Å². The van der Waals surface area contributed by atoms with E-state index in [0.717, 1.165) is 44.9 Å². The average Bonchev–Trinajstić information content (AvgIpc) is 2.97. The van der Waals surface area contributed by atoms with Crippen molar-refractivity contribution < 1.29 is 23.9 Å². The van der Waals surface area contributed by atoms with E-state index in [2.05, 4.69) is 13.8 Å². The van der Waals surface area contributed by atoms with E-state index in [1.165, 1.54) is 19.4 Å². The van der Waals surface area contributed by atoms with Crippen LogP contribution in [0.5, 0.6) is 0 Å². The van der Waals surface area contributed by atoms with Crippen molar-refractivity contribution in [3.63, 3.8) is 0 Å². The Labute approximate surface area is 179 Å². The fourth-order valence-electron chi connectivity index (χ4n) is 8.05. The van der Waals surface area contributed by atoms with Crippen molar-refractivity contribution in [2.75, 3.05) is 0 Å². The molecule has 7 atom stereocenters. The summed E-state index contributed by atoms with van der Waals surface area (Å²) in [6.45, 7) is 9.37. The van der Waals surface area contributed by atoms with Crippen LogP contribution in [0, 0.1) is 34.5 Å². The maximum absolute atomic E-state index is 13.7. The van der Waals surface area contributed by atoms with Crippen LogP contribution >= 0.6 is 0 Å². The summed E-state index contributed by atoms with van der Waals surface area (Å²) in [6.07, 6.45) is 7.46. The molecule has 5 heteroatoms. The molecular formula is C25H36O5. The molecule has 166 valence electrons. The summed E-state index contributed by atoms with van der Waals surface area (Å²) in [5, 5.41) is 0.